The van der Waals surface area contributed by atoms with Crippen molar-refractivity contribution in [3.63, 3.8) is 0 Å². The molecular formula is C30H36BrN3O4S. The van der Waals surface area contributed by atoms with E-state index in [-0.39, 0.29) is 23.4 Å². The van der Waals surface area contributed by atoms with Crippen molar-refractivity contribution in [2.24, 2.45) is 0 Å². The van der Waals surface area contributed by atoms with Crippen molar-refractivity contribution in [3.05, 3.63) is 93.5 Å². The first-order valence-electron chi connectivity index (χ1n) is 12.8. The monoisotopic (exact) mass is 613 g/mol. The number of carbonyl (C=O) groups is 2. The summed E-state index contributed by atoms with van der Waals surface area (Å²) >= 11 is 3.46. The zero-order chi connectivity index (χ0) is 28.9. The summed E-state index contributed by atoms with van der Waals surface area (Å²) < 4.78 is 29.9. The Bertz CT molecular complexity index is 1420. The summed E-state index contributed by atoms with van der Waals surface area (Å²) in [5.74, 6) is -0.802. The molecule has 0 fully saturated rings. The first-order chi connectivity index (χ1) is 18.3. The van der Waals surface area contributed by atoms with Crippen molar-refractivity contribution in [3.8, 4) is 0 Å². The number of amides is 2. The second-order valence-electron chi connectivity index (χ2n) is 10.2. The van der Waals surface area contributed by atoms with Gasteiger partial charge in [0.15, 0.2) is 0 Å². The molecule has 9 heteroatoms. The summed E-state index contributed by atoms with van der Waals surface area (Å²) in [4.78, 5) is 28.5. The van der Waals surface area contributed by atoms with Gasteiger partial charge in [0.25, 0.3) is 10.0 Å². The molecule has 0 saturated heterocycles. The van der Waals surface area contributed by atoms with Gasteiger partial charge in [-0.15, -0.1) is 0 Å². The number of benzene rings is 3. The summed E-state index contributed by atoms with van der Waals surface area (Å²) in [5, 5.41) is 2.86. The lowest BCUT2D eigenvalue weighted by atomic mass is 10.1. The topological polar surface area (TPSA) is 86.8 Å². The molecule has 0 aliphatic carbocycles. The zero-order valence-corrected chi connectivity index (χ0v) is 25.6. The van der Waals surface area contributed by atoms with E-state index in [0.29, 0.717) is 5.69 Å². The molecule has 7 nitrogen and oxygen atoms in total. The molecule has 0 radical (unpaired) electrons. The molecule has 0 heterocycles. The lowest BCUT2D eigenvalue weighted by molar-refractivity contribution is -0.139. The molecule has 2 amide bonds. The molecule has 0 aliphatic heterocycles. The Labute approximate surface area is 240 Å². The van der Waals surface area contributed by atoms with Crippen molar-refractivity contribution in [2.45, 2.75) is 65.1 Å². The van der Waals surface area contributed by atoms with Crippen LogP contribution in [0.4, 0.5) is 5.69 Å². The van der Waals surface area contributed by atoms with Crippen LogP contribution in [0.2, 0.25) is 0 Å². The Hall–Kier alpha value is -3.17. The number of aryl methyl sites for hydroxylation is 3. The van der Waals surface area contributed by atoms with Crippen molar-refractivity contribution in [2.75, 3.05) is 10.8 Å². The van der Waals surface area contributed by atoms with E-state index in [4.69, 9.17) is 0 Å². The Morgan fingerprint density at radius 1 is 0.872 bits per heavy atom. The molecule has 0 bridgehead atoms. The molecule has 0 aliphatic rings. The average molecular weight is 615 g/mol. The van der Waals surface area contributed by atoms with Crippen molar-refractivity contribution in [1.82, 2.24) is 10.2 Å². The van der Waals surface area contributed by atoms with Crippen LogP contribution in [-0.2, 0) is 26.2 Å². The van der Waals surface area contributed by atoms with Gasteiger partial charge < -0.3 is 10.2 Å². The maximum Gasteiger partial charge on any atom is 0.264 e. The third-order valence-electron chi connectivity index (χ3n) is 6.22. The third kappa shape index (κ3) is 7.92. The van der Waals surface area contributed by atoms with E-state index in [2.05, 4.69) is 21.2 Å². The molecule has 208 valence electrons. The standard InChI is InChI=1S/C30H36BrN3O4S/c1-20(2)32-30(36)24(6)33(18-25-8-7-9-26(31)17-25)29(35)19-34(27-15-22(4)14-23(5)16-27)39(37,38)28-12-10-21(3)11-13-28/h7-17,20,24H,18-19H2,1-6H3,(H,32,36)/t24-/m1/s1. The van der Waals surface area contributed by atoms with Crippen LogP contribution in [0.5, 0.6) is 0 Å². The Morgan fingerprint density at radius 3 is 2.05 bits per heavy atom. The number of carbonyl (C=O) groups excluding carboxylic acids is 2. The average Bonchev–Trinajstić information content (AvgIpc) is 2.84. The van der Waals surface area contributed by atoms with Crippen LogP contribution in [0, 0.1) is 20.8 Å². The number of anilines is 1. The van der Waals surface area contributed by atoms with Gasteiger partial charge in [0.1, 0.15) is 12.6 Å². The van der Waals surface area contributed by atoms with Crippen LogP contribution in [0.3, 0.4) is 0 Å². The molecule has 3 aromatic carbocycles. The van der Waals surface area contributed by atoms with Gasteiger partial charge in [-0.25, -0.2) is 8.42 Å². The van der Waals surface area contributed by atoms with Crippen molar-refractivity contribution >= 4 is 43.5 Å². The molecule has 0 spiro atoms. The van der Waals surface area contributed by atoms with Gasteiger partial charge in [-0.1, -0.05) is 51.8 Å². The smallest absolute Gasteiger partial charge is 0.264 e. The predicted molar refractivity (Wildman–Crippen MR) is 159 cm³/mol. The van der Waals surface area contributed by atoms with E-state index in [1.807, 2.05) is 65.0 Å². The van der Waals surface area contributed by atoms with Gasteiger partial charge in [0, 0.05) is 17.1 Å². The van der Waals surface area contributed by atoms with Crippen molar-refractivity contribution < 1.29 is 18.0 Å². The molecule has 0 aromatic heterocycles. The second-order valence-corrected chi connectivity index (χ2v) is 12.9. The number of nitrogens with zero attached hydrogens (tertiary/aromatic N) is 2. The fourth-order valence-electron chi connectivity index (χ4n) is 4.28. The molecule has 1 atom stereocenters. The van der Waals surface area contributed by atoms with E-state index in [9.17, 15) is 18.0 Å². The normalized spacial score (nSPS) is 12.2. The number of hydrogen-bond acceptors (Lipinski definition) is 4. The summed E-state index contributed by atoms with van der Waals surface area (Å²) in [6.07, 6.45) is 0. The third-order valence-corrected chi connectivity index (χ3v) is 8.50. The molecule has 1 N–H and O–H groups in total. The number of halogens is 1. The van der Waals surface area contributed by atoms with Crippen LogP contribution < -0.4 is 9.62 Å². The van der Waals surface area contributed by atoms with E-state index in [0.717, 1.165) is 31.0 Å². The summed E-state index contributed by atoms with van der Waals surface area (Å²) in [5.41, 5.74) is 3.87. The molecular weight excluding hydrogens is 578 g/mol. The highest BCUT2D eigenvalue weighted by Gasteiger charge is 2.32. The predicted octanol–water partition coefficient (Wildman–Crippen LogP) is 5.51. The number of nitrogens with one attached hydrogen (secondary N) is 1. The molecule has 39 heavy (non-hydrogen) atoms. The number of sulfonamides is 1. The Morgan fingerprint density at radius 2 is 1.49 bits per heavy atom. The fraction of sp³-hybridized carbons (Fsp3) is 0.333. The van der Waals surface area contributed by atoms with Crippen molar-refractivity contribution in [1.29, 1.82) is 0 Å². The highest BCUT2D eigenvalue weighted by molar-refractivity contribution is 9.10. The maximum atomic E-state index is 14.0. The van der Waals surface area contributed by atoms with Gasteiger partial charge >= 0.3 is 0 Å². The van der Waals surface area contributed by atoms with E-state index in [1.165, 1.54) is 4.90 Å². The minimum atomic E-state index is -4.10. The van der Waals surface area contributed by atoms with Gasteiger partial charge in [-0.2, -0.15) is 0 Å². The van der Waals surface area contributed by atoms with Gasteiger partial charge in [-0.05, 0) is 94.6 Å². The van der Waals surface area contributed by atoms with Crippen LogP contribution >= 0.6 is 15.9 Å². The molecule has 0 unspecified atom stereocenters. The maximum absolute atomic E-state index is 14.0. The largest absolute Gasteiger partial charge is 0.352 e. The van der Waals surface area contributed by atoms with Crippen LogP contribution in [0.1, 0.15) is 43.0 Å². The first kappa shape index (κ1) is 30.4. The van der Waals surface area contributed by atoms with E-state index < -0.39 is 28.5 Å². The van der Waals surface area contributed by atoms with Gasteiger partial charge in [-0.3, -0.25) is 13.9 Å². The van der Waals surface area contributed by atoms with E-state index >= 15 is 0 Å². The van der Waals surface area contributed by atoms with Crippen LogP contribution in [0.15, 0.2) is 76.1 Å². The first-order valence-corrected chi connectivity index (χ1v) is 15.0. The highest BCUT2D eigenvalue weighted by Crippen LogP contribution is 2.27. The van der Waals surface area contributed by atoms with Crippen LogP contribution in [-0.4, -0.2) is 43.8 Å². The fourth-order valence-corrected chi connectivity index (χ4v) is 6.13. The highest BCUT2D eigenvalue weighted by atomic mass is 79.9. The SMILES string of the molecule is Cc1ccc(S(=O)(=O)N(CC(=O)N(Cc2cccc(Br)c2)[C@H](C)C(=O)NC(C)C)c2cc(C)cc(C)c2)cc1. The van der Waals surface area contributed by atoms with Crippen LogP contribution in [0.25, 0.3) is 0 Å². The molecule has 0 saturated carbocycles. The summed E-state index contributed by atoms with van der Waals surface area (Å²) in [7, 11) is -4.10. The second kappa shape index (κ2) is 12.8. The zero-order valence-electron chi connectivity index (χ0n) is 23.2. The quantitative estimate of drug-likeness (QED) is 0.326. The molecule has 3 aromatic rings. The van der Waals surface area contributed by atoms with Gasteiger partial charge in [0.05, 0.1) is 10.6 Å². The summed E-state index contributed by atoms with van der Waals surface area (Å²) in [6.45, 7) is 10.7. The number of hydrogen-bond donors (Lipinski definition) is 1. The van der Waals surface area contributed by atoms with Gasteiger partial charge in [0.2, 0.25) is 11.8 Å². The van der Waals surface area contributed by atoms with E-state index in [1.54, 1.807) is 43.3 Å². The lowest BCUT2D eigenvalue weighted by Gasteiger charge is -2.32. The molecule has 3 rings (SSSR count). The number of rotatable bonds is 10. The Kier molecular flexibility index (Phi) is 9.96. The minimum absolute atomic E-state index is 0.0872. The Balaban J connectivity index is 2.07. The minimum Gasteiger partial charge on any atom is -0.352 e. The summed E-state index contributed by atoms with van der Waals surface area (Å²) in [6, 6.07) is 18.5. The lowest BCUT2D eigenvalue weighted by Crippen LogP contribution is -2.52.